The van der Waals surface area contributed by atoms with Crippen LogP contribution in [0.5, 0.6) is 0 Å². The molecule has 1 aliphatic rings. The van der Waals surface area contributed by atoms with Crippen LogP contribution >= 0.6 is 0 Å². The molecular formula is C19H21FN2O2. The Morgan fingerprint density at radius 2 is 2.12 bits per heavy atom. The van der Waals surface area contributed by atoms with Crippen LogP contribution in [0, 0.1) is 11.7 Å². The molecule has 1 N–H and O–H groups in total. The molecule has 0 radical (unpaired) electrons. The van der Waals surface area contributed by atoms with E-state index in [9.17, 15) is 9.18 Å². The maximum atomic E-state index is 13.5. The number of likely N-dealkylation sites (tertiary alicyclic amines) is 1. The van der Waals surface area contributed by atoms with Gasteiger partial charge in [0, 0.05) is 18.0 Å². The van der Waals surface area contributed by atoms with E-state index in [-0.39, 0.29) is 5.82 Å². The molecule has 0 saturated carbocycles. The van der Waals surface area contributed by atoms with Gasteiger partial charge in [-0.2, -0.15) is 0 Å². The zero-order chi connectivity index (χ0) is 16.9. The number of carbonyl (C=O) groups excluding carboxylic acids is 1. The van der Waals surface area contributed by atoms with Gasteiger partial charge in [0.25, 0.3) is 0 Å². The number of nitrogens with zero attached hydrogens (tertiary/aromatic N) is 1. The number of nitrogens with one attached hydrogen (secondary N) is 1. The molecule has 24 heavy (non-hydrogen) atoms. The van der Waals surface area contributed by atoms with Gasteiger partial charge in [-0.3, -0.25) is 5.32 Å². The summed E-state index contributed by atoms with van der Waals surface area (Å²) >= 11 is 0. The van der Waals surface area contributed by atoms with Gasteiger partial charge in [0.15, 0.2) is 0 Å². The Morgan fingerprint density at radius 1 is 1.29 bits per heavy atom. The molecule has 0 unspecified atom stereocenters. The second-order valence-corrected chi connectivity index (χ2v) is 6.20. The molecule has 0 aromatic heterocycles. The molecule has 1 fully saturated rings. The van der Waals surface area contributed by atoms with Crippen LogP contribution in [0.4, 0.5) is 14.9 Å². The van der Waals surface area contributed by atoms with E-state index in [0.717, 1.165) is 25.1 Å². The SMILES string of the molecule is CN1CC[C@H](COC(=O)Nc2ccccc2-c2cccc(F)c2)C1. The molecule has 1 heterocycles. The van der Waals surface area contributed by atoms with Gasteiger partial charge in [-0.05, 0) is 43.8 Å². The van der Waals surface area contributed by atoms with Crippen LogP contribution in [-0.4, -0.2) is 37.7 Å². The van der Waals surface area contributed by atoms with Crippen LogP contribution in [0.1, 0.15) is 6.42 Å². The summed E-state index contributed by atoms with van der Waals surface area (Å²) in [5.41, 5.74) is 2.08. The maximum absolute atomic E-state index is 13.5. The quantitative estimate of drug-likeness (QED) is 0.922. The van der Waals surface area contributed by atoms with Gasteiger partial charge in [-0.25, -0.2) is 9.18 Å². The number of benzene rings is 2. The number of rotatable bonds is 4. The second-order valence-electron chi connectivity index (χ2n) is 6.20. The molecule has 1 aliphatic heterocycles. The van der Waals surface area contributed by atoms with E-state index in [0.29, 0.717) is 23.8 Å². The lowest BCUT2D eigenvalue weighted by molar-refractivity contribution is 0.142. The van der Waals surface area contributed by atoms with Gasteiger partial charge in [0.2, 0.25) is 0 Å². The summed E-state index contributed by atoms with van der Waals surface area (Å²) in [6.07, 6.45) is 0.567. The highest BCUT2D eigenvalue weighted by Gasteiger charge is 2.21. The highest BCUT2D eigenvalue weighted by molar-refractivity contribution is 5.91. The molecule has 126 valence electrons. The Labute approximate surface area is 141 Å². The van der Waals surface area contributed by atoms with E-state index >= 15 is 0 Å². The summed E-state index contributed by atoms with van der Waals surface area (Å²) in [7, 11) is 2.06. The lowest BCUT2D eigenvalue weighted by atomic mass is 10.0. The van der Waals surface area contributed by atoms with Gasteiger partial charge in [-0.15, -0.1) is 0 Å². The van der Waals surface area contributed by atoms with Crippen molar-refractivity contribution in [3.63, 3.8) is 0 Å². The molecule has 1 saturated heterocycles. The molecule has 3 rings (SSSR count). The smallest absolute Gasteiger partial charge is 0.411 e. The molecule has 1 amide bonds. The molecule has 4 nitrogen and oxygen atoms in total. The van der Waals surface area contributed by atoms with Crippen LogP contribution in [0.2, 0.25) is 0 Å². The largest absolute Gasteiger partial charge is 0.449 e. The average Bonchev–Trinajstić information content (AvgIpc) is 2.99. The maximum Gasteiger partial charge on any atom is 0.411 e. The normalized spacial score (nSPS) is 17.7. The van der Waals surface area contributed by atoms with Crippen LogP contribution in [-0.2, 0) is 4.74 Å². The molecule has 1 atom stereocenters. The monoisotopic (exact) mass is 328 g/mol. The average molecular weight is 328 g/mol. The Bertz CT molecular complexity index is 720. The van der Waals surface area contributed by atoms with Crippen molar-refractivity contribution in [3.8, 4) is 11.1 Å². The Hall–Kier alpha value is -2.40. The third kappa shape index (κ3) is 4.11. The Kier molecular flexibility index (Phi) is 5.11. The molecule has 5 heteroatoms. The number of amides is 1. The number of halogens is 1. The predicted octanol–water partition coefficient (Wildman–Crippen LogP) is 3.99. The number of hydrogen-bond acceptors (Lipinski definition) is 3. The zero-order valence-electron chi connectivity index (χ0n) is 13.7. The van der Waals surface area contributed by atoms with Gasteiger partial charge in [-0.1, -0.05) is 30.3 Å². The fourth-order valence-electron chi connectivity index (χ4n) is 3.00. The van der Waals surface area contributed by atoms with Crippen LogP contribution in [0.3, 0.4) is 0 Å². The number of ether oxygens (including phenoxy) is 1. The summed E-state index contributed by atoms with van der Waals surface area (Å²) in [4.78, 5) is 14.3. The summed E-state index contributed by atoms with van der Waals surface area (Å²) in [5.74, 6) is 0.0782. The van der Waals surface area contributed by atoms with Crippen molar-refractivity contribution in [1.82, 2.24) is 4.90 Å². The van der Waals surface area contributed by atoms with Gasteiger partial charge >= 0.3 is 6.09 Å². The van der Waals surface area contributed by atoms with Crippen molar-refractivity contribution in [2.75, 3.05) is 32.1 Å². The van der Waals surface area contributed by atoms with Crippen LogP contribution < -0.4 is 5.32 Å². The molecule has 0 bridgehead atoms. The number of carbonyl (C=O) groups is 1. The number of anilines is 1. The minimum Gasteiger partial charge on any atom is -0.449 e. The van der Waals surface area contributed by atoms with E-state index in [2.05, 4.69) is 17.3 Å². The number of para-hydroxylation sites is 1. The summed E-state index contributed by atoms with van der Waals surface area (Å²) in [5, 5.41) is 2.77. The topological polar surface area (TPSA) is 41.6 Å². The van der Waals surface area contributed by atoms with E-state index in [1.807, 2.05) is 24.3 Å². The highest BCUT2D eigenvalue weighted by Crippen LogP contribution is 2.28. The third-order valence-electron chi connectivity index (χ3n) is 4.24. The fraction of sp³-hybridized carbons (Fsp3) is 0.316. The molecule has 0 spiro atoms. The number of hydrogen-bond donors (Lipinski definition) is 1. The van der Waals surface area contributed by atoms with Crippen molar-refractivity contribution in [3.05, 3.63) is 54.3 Å². The highest BCUT2D eigenvalue weighted by atomic mass is 19.1. The standard InChI is InChI=1S/C19H21FN2O2/c1-22-10-9-14(12-22)13-24-19(23)21-18-8-3-2-7-17(18)15-5-4-6-16(20)11-15/h2-8,11,14H,9-10,12-13H2,1H3,(H,21,23)/t14-/m0/s1. The minimum atomic E-state index is -0.478. The summed E-state index contributed by atoms with van der Waals surface area (Å²) < 4.78 is 18.8. The molecule has 0 aliphatic carbocycles. The van der Waals surface area contributed by atoms with Crippen molar-refractivity contribution in [1.29, 1.82) is 0 Å². The van der Waals surface area contributed by atoms with Crippen molar-refractivity contribution in [2.45, 2.75) is 6.42 Å². The Morgan fingerprint density at radius 3 is 2.88 bits per heavy atom. The molecule has 2 aromatic rings. The second kappa shape index (κ2) is 7.45. The first kappa shape index (κ1) is 16.5. The van der Waals surface area contributed by atoms with Crippen molar-refractivity contribution in [2.24, 2.45) is 5.92 Å². The lowest BCUT2D eigenvalue weighted by Gasteiger charge is -2.14. The van der Waals surface area contributed by atoms with Gasteiger partial charge in [0.05, 0.1) is 12.3 Å². The van der Waals surface area contributed by atoms with E-state index < -0.39 is 6.09 Å². The van der Waals surface area contributed by atoms with E-state index in [4.69, 9.17) is 4.74 Å². The van der Waals surface area contributed by atoms with Crippen molar-refractivity contribution < 1.29 is 13.9 Å². The van der Waals surface area contributed by atoms with Crippen LogP contribution in [0.25, 0.3) is 11.1 Å². The van der Waals surface area contributed by atoms with Gasteiger partial charge < -0.3 is 9.64 Å². The minimum absolute atomic E-state index is 0.310. The van der Waals surface area contributed by atoms with Crippen molar-refractivity contribution >= 4 is 11.8 Å². The molecular weight excluding hydrogens is 307 g/mol. The van der Waals surface area contributed by atoms with Crippen LogP contribution in [0.15, 0.2) is 48.5 Å². The fourth-order valence-corrected chi connectivity index (χ4v) is 3.00. The first-order chi connectivity index (χ1) is 11.6. The predicted molar refractivity (Wildman–Crippen MR) is 92.4 cm³/mol. The zero-order valence-corrected chi connectivity index (χ0v) is 13.7. The first-order valence-corrected chi connectivity index (χ1v) is 8.09. The first-order valence-electron chi connectivity index (χ1n) is 8.09. The molecule has 2 aromatic carbocycles. The summed E-state index contributed by atoms with van der Waals surface area (Å²) in [6, 6.07) is 13.6. The third-order valence-corrected chi connectivity index (χ3v) is 4.24. The van der Waals surface area contributed by atoms with E-state index in [1.165, 1.54) is 12.1 Å². The lowest BCUT2D eigenvalue weighted by Crippen LogP contribution is -2.21. The summed E-state index contributed by atoms with van der Waals surface area (Å²) in [6.45, 7) is 2.41. The van der Waals surface area contributed by atoms with Gasteiger partial charge in [0.1, 0.15) is 5.82 Å². The van der Waals surface area contributed by atoms with E-state index in [1.54, 1.807) is 12.1 Å². The Balaban J connectivity index is 1.65.